The van der Waals surface area contributed by atoms with Gasteiger partial charge in [0.1, 0.15) is 70.9 Å². The Labute approximate surface area is 236 Å². The van der Waals surface area contributed by atoms with Gasteiger partial charge >= 0.3 is 0 Å². The second-order valence-electron chi connectivity index (χ2n) is 10.1. The van der Waals surface area contributed by atoms with E-state index in [1.54, 1.807) is 0 Å². The Morgan fingerprint density at radius 1 is 0.762 bits per heavy atom. The van der Waals surface area contributed by atoms with Crippen molar-refractivity contribution in [1.29, 1.82) is 0 Å². The van der Waals surface area contributed by atoms with Crippen LogP contribution in [0.1, 0.15) is 6.92 Å². The highest BCUT2D eigenvalue weighted by Crippen LogP contribution is 2.39. The fraction of sp³-hybridized carbons (Fsp3) is 0.444. The third-order valence-corrected chi connectivity index (χ3v) is 7.17. The largest absolute Gasteiger partial charge is 0.508 e. The average molecular weight is 595 g/mol. The zero-order chi connectivity index (χ0) is 30.5. The van der Waals surface area contributed by atoms with Crippen LogP contribution in [0, 0.1) is 0 Å². The molecule has 15 heteroatoms. The van der Waals surface area contributed by atoms with E-state index in [0.717, 1.165) is 12.1 Å². The molecule has 0 amide bonds. The maximum Gasteiger partial charge on any atom is 0.239 e. The van der Waals surface area contributed by atoms with Crippen molar-refractivity contribution in [2.24, 2.45) is 0 Å². The van der Waals surface area contributed by atoms with Gasteiger partial charge in [0.15, 0.2) is 5.76 Å². The van der Waals surface area contributed by atoms with Gasteiger partial charge in [-0.25, -0.2) is 0 Å². The number of aromatic hydroxyl groups is 2. The number of aliphatic hydroxyl groups excluding tert-OH is 7. The SMILES string of the molecule is C[C@H]1OC(Oc2cc(O)cc3oc(-c4ccc(O)cc4)c(OC4O[C@H](CO)[C@@H](O)[C@H](O)[C@H]4O)c(=O)c23)[C@@H](O)[C@@H](O)[C@@H]1O. The van der Waals surface area contributed by atoms with Gasteiger partial charge in [-0.15, -0.1) is 0 Å². The molecule has 2 saturated heterocycles. The first-order valence-electron chi connectivity index (χ1n) is 12.9. The summed E-state index contributed by atoms with van der Waals surface area (Å²) < 4.78 is 28.2. The molecule has 2 fully saturated rings. The van der Waals surface area contributed by atoms with E-state index in [9.17, 15) is 50.8 Å². The summed E-state index contributed by atoms with van der Waals surface area (Å²) in [5.74, 6) is -1.78. The Morgan fingerprint density at radius 3 is 2.02 bits per heavy atom. The van der Waals surface area contributed by atoms with E-state index >= 15 is 0 Å². The van der Waals surface area contributed by atoms with Crippen LogP contribution in [-0.2, 0) is 9.47 Å². The first-order valence-corrected chi connectivity index (χ1v) is 12.9. The van der Waals surface area contributed by atoms with Crippen molar-refractivity contribution in [3.63, 3.8) is 0 Å². The topological polar surface area (TPSA) is 249 Å². The highest BCUT2D eigenvalue weighted by Gasteiger charge is 2.46. The number of phenols is 2. The zero-order valence-corrected chi connectivity index (χ0v) is 21.9. The molecular weight excluding hydrogens is 564 g/mol. The number of ether oxygens (including phenoxy) is 4. The standard InChI is InChI=1S/C27H30O15/c1-9-17(31)20(34)22(36)26(38-9)40-14-7-12(30)6-13-16(14)19(33)25(24(39-13)10-2-4-11(29)5-3-10)42-27-23(37)21(35)18(32)15(8-28)41-27/h2-7,9,15,17-18,20-23,26-32,34-37H,8H2,1H3/t9-,15-,17-,18-,20+,21+,22+,23-,26?,27?/m1/s1. The van der Waals surface area contributed by atoms with Crippen LogP contribution in [0.3, 0.4) is 0 Å². The van der Waals surface area contributed by atoms with Gasteiger partial charge in [-0.05, 0) is 31.2 Å². The molecule has 2 aromatic carbocycles. The lowest BCUT2D eigenvalue weighted by Gasteiger charge is -2.39. The number of rotatable bonds is 6. The lowest BCUT2D eigenvalue weighted by atomic mass is 9.99. The molecule has 5 rings (SSSR count). The van der Waals surface area contributed by atoms with Crippen molar-refractivity contribution in [2.45, 2.75) is 68.3 Å². The van der Waals surface area contributed by atoms with E-state index in [2.05, 4.69) is 0 Å². The lowest BCUT2D eigenvalue weighted by molar-refractivity contribution is -0.277. The third kappa shape index (κ3) is 5.37. The molecule has 3 heterocycles. The molecule has 2 unspecified atom stereocenters. The molecule has 10 atom stereocenters. The molecule has 0 radical (unpaired) electrons. The second kappa shape index (κ2) is 11.6. The predicted molar refractivity (Wildman–Crippen MR) is 139 cm³/mol. The fourth-order valence-corrected chi connectivity index (χ4v) is 4.77. The number of phenolic OH excluding ortho intramolecular Hbond substituents is 2. The van der Waals surface area contributed by atoms with Crippen LogP contribution in [0.2, 0.25) is 0 Å². The molecule has 0 bridgehead atoms. The third-order valence-electron chi connectivity index (χ3n) is 7.17. The molecule has 0 saturated carbocycles. The van der Waals surface area contributed by atoms with Crippen molar-refractivity contribution in [3.05, 3.63) is 46.6 Å². The Bertz CT molecular complexity index is 1470. The molecule has 2 aliphatic heterocycles. The quantitative estimate of drug-likeness (QED) is 0.154. The minimum atomic E-state index is -1.89. The van der Waals surface area contributed by atoms with Crippen LogP contribution in [-0.4, -0.2) is 114 Å². The van der Waals surface area contributed by atoms with Gasteiger partial charge in [0.25, 0.3) is 0 Å². The van der Waals surface area contributed by atoms with Gasteiger partial charge in [-0.3, -0.25) is 4.79 Å². The lowest BCUT2D eigenvalue weighted by Crippen LogP contribution is -2.60. The molecule has 2 aliphatic rings. The van der Waals surface area contributed by atoms with Gasteiger partial charge in [0, 0.05) is 17.7 Å². The van der Waals surface area contributed by atoms with Crippen LogP contribution in [0.25, 0.3) is 22.3 Å². The molecule has 3 aromatic rings. The van der Waals surface area contributed by atoms with E-state index in [0.29, 0.717) is 0 Å². The fourth-order valence-electron chi connectivity index (χ4n) is 4.77. The summed E-state index contributed by atoms with van der Waals surface area (Å²) in [4.78, 5) is 14.0. The predicted octanol–water partition coefficient (Wildman–Crippen LogP) is -1.74. The highest BCUT2D eigenvalue weighted by molar-refractivity contribution is 5.88. The first kappa shape index (κ1) is 30.0. The Kier molecular flexibility index (Phi) is 8.30. The van der Waals surface area contributed by atoms with E-state index < -0.39 is 84.9 Å². The second-order valence-corrected chi connectivity index (χ2v) is 10.1. The monoisotopic (exact) mass is 594 g/mol. The van der Waals surface area contributed by atoms with Gasteiger partial charge in [-0.2, -0.15) is 0 Å². The Morgan fingerprint density at radius 2 is 1.38 bits per heavy atom. The maximum atomic E-state index is 14.0. The summed E-state index contributed by atoms with van der Waals surface area (Å²) in [5.41, 5.74) is -1.00. The highest BCUT2D eigenvalue weighted by atomic mass is 16.7. The van der Waals surface area contributed by atoms with E-state index in [4.69, 9.17) is 23.4 Å². The van der Waals surface area contributed by atoms with Gasteiger partial charge in [-0.1, -0.05) is 0 Å². The molecule has 9 N–H and O–H groups in total. The van der Waals surface area contributed by atoms with Gasteiger partial charge in [0.2, 0.25) is 23.8 Å². The number of benzene rings is 2. The van der Waals surface area contributed by atoms with Crippen molar-refractivity contribution < 1.29 is 69.3 Å². The summed E-state index contributed by atoms with van der Waals surface area (Å²) in [6, 6.07) is 7.42. The number of hydrogen-bond donors (Lipinski definition) is 9. The van der Waals surface area contributed by atoms with Crippen LogP contribution in [0.4, 0.5) is 0 Å². The molecule has 15 nitrogen and oxygen atoms in total. The van der Waals surface area contributed by atoms with Crippen molar-refractivity contribution in [2.75, 3.05) is 6.61 Å². The smallest absolute Gasteiger partial charge is 0.239 e. The Balaban J connectivity index is 1.65. The molecule has 0 aliphatic carbocycles. The minimum Gasteiger partial charge on any atom is -0.508 e. The summed E-state index contributed by atoms with van der Waals surface area (Å²) in [6.07, 6.45) is -16.0. The van der Waals surface area contributed by atoms with Crippen molar-refractivity contribution in [1.82, 2.24) is 0 Å². The van der Waals surface area contributed by atoms with Crippen molar-refractivity contribution in [3.8, 4) is 34.3 Å². The van der Waals surface area contributed by atoms with Crippen molar-refractivity contribution >= 4 is 11.0 Å². The molecule has 42 heavy (non-hydrogen) atoms. The van der Waals surface area contributed by atoms with Crippen LogP contribution in [0.5, 0.6) is 23.0 Å². The average Bonchev–Trinajstić information content (AvgIpc) is 2.96. The summed E-state index contributed by atoms with van der Waals surface area (Å²) in [5, 5.41) is 90.8. The number of hydrogen-bond acceptors (Lipinski definition) is 15. The summed E-state index contributed by atoms with van der Waals surface area (Å²) >= 11 is 0. The van der Waals surface area contributed by atoms with Gasteiger partial charge in [0.05, 0.1) is 12.7 Å². The molecule has 1 aromatic heterocycles. The molecule has 228 valence electrons. The van der Waals surface area contributed by atoms with Gasteiger partial charge < -0.3 is 69.3 Å². The van der Waals surface area contributed by atoms with Crippen LogP contribution < -0.4 is 14.9 Å². The normalized spacial score (nSPS) is 33.4. The van der Waals surface area contributed by atoms with E-state index in [-0.39, 0.29) is 33.8 Å². The Hall–Kier alpha value is -3.51. The molecule has 0 spiro atoms. The first-order chi connectivity index (χ1) is 19.9. The van der Waals surface area contributed by atoms with E-state index in [1.807, 2.05) is 0 Å². The molecular formula is C27H30O15. The van der Waals surface area contributed by atoms with Crippen LogP contribution in [0.15, 0.2) is 45.6 Å². The van der Waals surface area contributed by atoms with Crippen LogP contribution >= 0.6 is 0 Å². The zero-order valence-electron chi connectivity index (χ0n) is 21.9. The minimum absolute atomic E-state index is 0.112. The number of fused-ring (bicyclic) bond motifs is 1. The number of aliphatic hydroxyl groups is 7. The maximum absolute atomic E-state index is 14.0. The summed E-state index contributed by atoms with van der Waals surface area (Å²) in [6.45, 7) is 0.656. The summed E-state index contributed by atoms with van der Waals surface area (Å²) in [7, 11) is 0. The van der Waals surface area contributed by atoms with E-state index in [1.165, 1.54) is 31.2 Å².